The number of nitrogens with zero attached hydrogens (tertiary/aromatic N) is 3. The summed E-state index contributed by atoms with van der Waals surface area (Å²) >= 11 is 0. The monoisotopic (exact) mass is 359 g/mol. The number of hydrogen-bond acceptors (Lipinski definition) is 2. The van der Waals surface area contributed by atoms with Crippen LogP contribution in [0.25, 0.3) is 0 Å². The zero-order valence-corrected chi connectivity index (χ0v) is 16.7. The summed E-state index contributed by atoms with van der Waals surface area (Å²) in [4.78, 5) is 14.8. The van der Waals surface area contributed by atoms with E-state index in [9.17, 15) is 9.18 Å². The number of benzene rings is 1. The Morgan fingerprint density at radius 1 is 1.19 bits per heavy atom. The van der Waals surface area contributed by atoms with Gasteiger partial charge in [0.15, 0.2) is 0 Å². The van der Waals surface area contributed by atoms with Crippen molar-refractivity contribution in [3.63, 3.8) is 0 Å². The van der Waals surface area contributed by atoms with Gasteiger partial charge in [-0.15, -0.1) is 0 Å². The Labute approximate surface area is 156 Å². The van der Waals surface area contributed by atoms with E-state index >= 15 is 0 Å². The van der Waals surface area contributed by atoms with Crippen LogP contribution in [-0.2, 0) is 17.8 Å². The molecule has 2 rings (SSSR count). The van der Waals surface area contributed by atoms with Crippen molar-refractivity contribution >= 4 is 5.91 Å². The number of likely N-dealkylation sites (N-methyl/N-ethyl adjacent to an activating group) is 1. The number of hydrogen-bond donors (Lipinski definition) is 0. The molecule has 0 radical (unpaired) electrons. The molecule has 1 atom stereocenters. The largest absolute Gasteiger partial charge is 0.336 e. The van der Waals surface area contributed by atoms with Crippen LogP contribution in [-0.4, -0.2) is 27.1 Å². The second-order valence-electron chi connectivity index (χ2n) is 7.31. The van der Waals surface area contributed by atoms with E-state index in [-0.39, 0.29) is 17.8 Å². The Balaban J connectivity index is 2.19. The van der Waals surface area contributed by atoms with Gasteiger partial charge in [-0.1, -0.05) is 26.0 Å². The Bertz CT molecular complexity index is 749. The average molecular weight is 359 g/mol. The normalized spacial score (nSPS) is 12.5. The van der Waals surface area contributed by atoms with E-state index in [1.54, 1.807) is 12.1 Å². The molecule has 1 aromatic heterocycles. The molecule has 1 heterocycles. The van der Waals surface area contributed by atoms with Crippen LogP contribution in [0.2, 0.25) is 0 Å². The molecule has 4 nitrogen and oxygen atoms in total. The molecule has 0 aliphatic rings. The van der Waals surface area contributed by atoms with Crippen LogP contribution in [0.3, 0.4) is 0 Å². The first-order chi connectivity index (χ1) is 12.2. The van der Waals surface area contributed by atoms with Crippen molar-refractivity contribution in [3.8, 4) is 0 Å². The van der Waals surface area contributed by atoms with Crippen molar-refractivity contribution < 1.29 is 9.18 Å². The van der Waals surface area contributed by atoms with E-state index in [4.69, 9.17) is 0 Å². The maximum atomic E-state index is 13.2. The molecule has 0 fully saturated rings. The van der Waals surface area contributed by atoms with Gasteiger partial charge in [-0.2, -0.15) is 5.10 Å². The van der Waals surface area contributed by atoms with Gasteiger partial charge in [0.2, 0.25) is 5.91 Å². The highest BCUT2D eigenvalue weighted by Gasteiger charge is 2.23. The highest BCUT2D eigenvalue weighted by Crippen LogP contribution is 2.23. The quantitative estimate of drug-likeness (QED) is 0.733. The Morgan fingerprint density at radius 2 is 1.81 bits per heavy atom. The third-order valence-corrected chi connectivity index (χ3v) is 4.88. The first-order valence-corrected chi connectivity index (χ1v) is 9.32. The SMILES string of the molecule is CCN(C(=O)Cc1c(C)nn(CC(C)C)c1C)C(C)c1ccc(F)cc1. The molecule has 0 saturated carbocycles. The highest BCUT2D eigenvalue weighted by molar-refractivity contribution is 5.79. The van der Waals surface area contributed by atoms with Crippen LogP contribution in [0.5, 0.6) is 0 Å². The van der Waals surface area contributed by atoms with Gasteiger partial charge in [-0.3, -0.25) is 9.48 Å². The lowest BCUT2D eigenvalue weighted by molar-refractivity contribution is -0.132. The van der Waals surface area contributed by atoms with E-state index in [0.717, 1.165) is 29.1 Å². The minimum absolute atomic E-state index is 0.0691. The van der Waals surface area contributed by atoms with Crippen LogP contribution in [0, 0.1) is 25.6 Å². The number of aromatic nitrogens is 2. The van der Waals surface area contributed by atoms with Crippen molar-refractivity contribution in [2.45, 2.75) is 60.5 Å². The summed E-state index contributed by atoms with van der Waals surface area (Å²) in [6.07, 6.45) is 0.342. The highest BCUT2D eigenvalue weighted by atomic mass is 19.1. The minimum atomic E-state index is -0.265. The second kappa shape index (κ2) is 8.47. The van der Waals surface area contributed by atoms with E-state index in [1.165, 1.54) is 12.1 Å². The maximum absolute atomic E-state index is 13.2. The van der Waals surface area contributed by atoms with Gasteiger partial charge in [0.25, 0.3) is 0 Å². The smallest absolute Gasteiger partial charge is 0.227 e. The fourth-order valence-electron chi connectivity index (χ4n) is 3.35. The Morgan fingerprint density at radius 3 is 2.35 bits per heavy atom. The zero-order valence-electron chi connectivity index (χ0n) is 16.7. The van der Waals surface area contributed by atoms with E-state index in [2.05, 4.69) is 18.9 Å². The first kappa shape index (κ1) is 20.1. The lowest BCUT2D eigenvalue weighted by Gasteiger charge is -2.28. The summed E-state index contributed by atoms with van der Waals surface area (Å²) < 4.78 is 15.2. The number of amides is 1. The van der Waals surface area contributed by atoms with Crippen molar-refractivity contribution in [2.24, 2.45) is 5.92 Å². The lowest BCUT2D eigenvalue weighted by atomic mass is 10.0. The van der Waals surface area contributed by atoms with Gasteiger partial charge in [0.1, 0.15) is 5.82 Å². The molecular weight excluding hydrogens is 329 g/mol. The van der Waals surface area contributed by atoms with Crippen LogP contribution in [0.4, 0.5) is 4.39 Å². The molecule has 5 heteroatoms. The van der Waals surface area contributed by atoms with Gasteiger partial charge in [0.05, 0.1) is 18.2 Å². The molecule has 1 unspecified atom stereocenters. The topological polar surface area (TPSA) is 38.1 Å². The summed E-state index contributed by atoms with van der Waals surface area (Å²) in [5.74, 6) is 0.306. The van der Waals surface area contributed by atoms with Gasteiger partial charge in [0, 0.05) is 24.3 Å². The summed E-state index contributed by atoms with van der Waals surface area (Å²) in [7, 11) is 0. The van der Waals surface area contributed by atoms with Gasteiger partial charge in [-0.25, -0.2) is 4.39 Å². The number of carbonyl (C=O) groups is 1. The third kappa shape index (κ3) is 4.51. The fourth-order valence-corrected chi connectivity index (χ4v) is 3.35. The van der Waals surface area contributed by atoms with E-state index < -0.39 is 0 Å². The number of rotatable bonds is 7. The summed E-state index contributed by atoms with van der Waals surface area (Å²) in [5, 5.41) is 4.61. The molecule has 1 amide bonds. The van der Waals surface area contributed by atoms with Crippen LogP contribution >= 0.6 is 0 Å². The van der Waals surface area contributed by atoms with Gasteiger partial charge in [-0.05, 0) is 51.3 Å². The van der Waals surface area contributed by atoms with Crippen LogP contribution in [0.1, 0.15) is 56.3 Å². The molecule has 0 saturated heterocycles. The van der Waals surface area contributed by atoms with E-state index in [0.29, 0.717) is 18.9 Å². The molecule has 2 aromatic rings. The zero-order chi connectivity index (χ0) is 19.4. The fraction of sp³-hybridized carbons (Fsp3) is 0.524. The maximum Gasteiger partial charge on any atom is 0.227 e. The average Bonchev–Trinajstić information content (AvgIpc) is 2.83. The van der Waals surface area contributed by atoms with Crippen molar-refractivity contribution in [2.75, 3.05) is 6.54 Å². The molecule has 1 aromatic carbocycles. The van der Waals surface area contributed by atoms with Crippen molar-refractivity contribution in [1.29, 1.82) is 0 Å². The van der Waals surface area contributed by atoms with Gasteiger partial charge < -0.3 is 4.90 Å². The van der Waals surface area contributed by atoms with E-state index in [1.807, 2.05) is 37.3 Å². The van der Waals surface area contributed by atoms with Crippen molar-refractivity contribution in [3.05, 3.63) is 52.6 Å². The molecule has 0 aliphatic heterocycles. The van der Waals surface area contributed by atoms with Crippen molar-refractivity contribution in [1.82, 2.24) is 14.7 Å². The Hall–Kier alpha value is -2.17. The first-order valence-electron chi connectivity index (χ1n) is 9.32. The van der Waals surface area contributed by atoms with Crippen LogP contribution < -0.4 is 0 Å². The molecule has 0 spiro atoms. The molecule has 0 aliphatic carbocycles. The molecule has 26 heavy (non-hydrogen) atoms. The summed E-state index contributed by atoms with van der Waals surface area (Å²) in [5.41, 5.74) is 3.93. The number of aryl methyl sites for hydroxylation is 1. The summed E-state index contributed by atoms with van der Waals surface area (Å²) in [6, 6.07) is 6.27. The minimum Gasteiger partial charge on any atom is -0.336 e. The standard InChI is InChI=1S/C21H30FN3O/c1-7-24(16(5)18-8-10-19(22)11-9-18)21(26)12-20-15(4)23-25(17(20)6)13-14(2)3/h8-11,14,16H,7,12-13H2,1-6H3. The number of halogens is 1. The predicted molar refractivity (Wildman–Crippen MR) is 102 cm³/mol. The second-order valence-corrected chi connectivity index (χ2v) is 7.31. The number of carbonyl (C=O) groups excluding carboxylic acids is 1. The molecule has 0 bridgehead atoms. The third-order valence-electron chi connectivity index (χ3n) is 4.88. The predicted octanol–water partition coefficient (Wildman–Crippen LogP) is 4.45. The Kier molecular flexibility index (Phi) is 6.57. The molecule has 0 N–H and O–H groups in total. The van der Waals surface area contributed by atoms with Crippen LogP contribution in [0.15, 0.2) is 24.3 Å². The van der Waals surface area contributed by atoms with Gasteiger partial charge >= 0.3 is 0 Å². The molecule has 142 valence electrons. The molecular formula is C21H30FN3O. The lowest BCUT2D eigenvalue weighted by Crippen LogP contribution is -2.34. The summed E-state index contributed by atoms with van der Waals surface area (Å²) in [6.45, 7) is 13.7.